The van der Waals surface area contributed by atoms with Gasteiger partial charge in [-0.1, -0.05) is 0 Å². The molecule has 0 bridgehead atoms. The molecule has 1 aliphatic rings. The van der Waals surface area contributed by atoms with Gasteiger partial charge in [-0.05, 0) is 6.42 Å². The number of sulfonamides is 1. The van der Waals surface area contributed by atoms with Crippen molar-refractivity contribution in [1.82, 2.24) is 8.61 Å². The minimum Gasteiger partial charge on any atom is -0.216 e. The number of hydrogen-bond acceptors (Lipinski definition) is 4. The molecule has 0 aromatic heterocycles. The lowest BCUT2D eigenvalue weighted by Gasteiger charge is -2.32. The summed E-state index contributed by atoms with van der Waals surface area (Å²) >= 11 is 0. The first kappa shape index (κ1) is 17.6. The van der Waals surface area contributed by atoms with Gasteiger partial charge >= 0.3 is 6.18 Å². The number of hydrogen-bond donors (Lipinski definition) is 1. The van der Waals surface area contributed by atoms with Crippen LogP contribution in [0, 0.1) is 0 Å². The Morgan fingerprint density at radius 3 is 1.80 bits per heavy atom. The molecule has 0 atom stereocenters. The molecule has 1 rings (SSSR count). The lowest BCUT2D eigenvalue weighted by atomic mass is 10.3. The molecule has 0 aliphatic carbocycles. The summed E-state index contributed by atoms with van der Waals surface area (Å²) in [5.41, 5.74) is 0. The van der Waals surface area contributed by atoms with Crippen molar-refractivity contribution in [3.05, 3.63) is 0 Å². The van der Waals surface area contributed by atoms with Gasteiger partial charge in [0, 0.05) is 32.6 Å². The Labute approximate surface area is 115 Å². The van der Waals surface area contributed by atoms with Crippen molar-refractivity contribution in [1.29, 1.82) is 0 Å². The van der Waals surface area contributed by atoms with Crippen molar-refractivity contribution >= 4 is 20.2 Å². The Morgan fingerprint density at radius 2 is 1.40 bits per heavy atom. The summed E-state index contributed by atoms with van der Waals surface area (Å²) in [5, 5.41) is 4.90. The van der Waals surface area contributed by atoms with Crippen LogP contribution in [-0.4, -0.2) is 63.6 Å². The molecule has 0 unspecified atom stereocenters. The third kappa shape index (κ3) is 5.52. The van der Waals surface area contributed by atoms with Crippen molar-refractivity contribution < 1.29 is 30.0 Å². The van der Waals surface area contributed by atoms with E-state index in [0.29, 0.717) is 0 Å². The summed E-state index contributed by atoms with van der Waals surface area (Å²) in [4.78, 5) is 0. The van der Waals surface area contributed by atoms with E-state index in [1.54, 1.807) is 0 Å². The molecule has 1 saturated heterocycles. The van der Waals surface area contributed by atoms with E-state index in [2.05, 4.69) is 0 Å². The number of alkyl halides is 3. The second kappa shape index (κ2) is 6.13. The number of rotatable bonds is 5. The van der Waals surface area contributed by atoms with Gasteiger partial charge in [0.05, 0.1) is 5.75 Å². The molecule has 20 heavy (non-hydrogen) atoms. The topological polar surface area (TPSA) is 101 Å². The van der Waals surface area contributed by atoms with Crippen molar-refractivity contribution in [2.24, 2.45) is 5.14 Å². The normalized spacial score (nSPS) is 20.2. The smallest absolute Gasteiger partial charge is 0.216 e. The molecule has 0 amide bonds. The molecule has 1 heterocycles. The SMILES string of the molecule is NS(=O)(=O)N1CCN(S(=O)(=O)CCCC(F)(F)F)CC1. The summed E-state index contributed by atoms with van der Waals surface area (Å²) in [6, 6.07) is 0. The molecule has 2 N–H and O–H groups in total. The van der Waals surface area contributed by atoms with Gasteiger partial charge in [0.1, 0.15) is 0 Å². The highest BCUT2D eigenvalue weighted by Gasteiger charge is 2.32. The fourth-order valence-corrected chi connectivity index (χ4v) is 3.95. The van der Waals surface area contributed by atoms with Crippen molar-refractivity contribution in [3.63, 3.8) is 0 Å². The molecule has 0 radical (unpaired) electrons. The monoisotopic (exact) mass is 339 g/mol. The second-order valence-electron chi connectivity index (χ2n) is 4.38. The highest BCUT2D eigenvalue weighted by Crippen LogP contribution is 2.22. The third-order valence-electron chi connectivity index (χ3n) is 2.81. The molecule has 0 aromatic rings. The molecule has 7 nitrogen and oxygen atoms in total. The predicted molar refractivity (Wildman–Crippen MR) is 65.3 cm³/mol. The predicted octanol–water partition coefficient (Wildman–Crippen LogP) is -0.520. The summed E-state index contributed by atoms with van der Waals surface area (Å²) in [5.74, 6) is -0.609. The molecule has 1 fully saturated rings. The molecule has 1 aliphatic heterocycles. The van der Waals surface area contributed by atoms with Crippen LogP contribution < -0.4 is 5.14 Å². The van der Waals surface area contributed by atoms with E-state index in [-0.39, 0.29) is 26.2 Å². The average Bonchev–Trinajstić information content (AvgIpc) is 2.26. The van der Waals surface area contributed by atoms with Crippen LogP contribution in [0.3, 0.4) is 0 Å². The van der Waals surface area contributed by atoms with Gasteiger partial charge in [-0.15, -0.1) is 0 Å². The lowest BCUT2D eigenvalue weighted by molar-refractivity contribution is -0.134. The fourth-order valence-electron chi connectivity index (χ4n) is 1.79. The van der Waals surface area contributed by atoms with Crippen molar-refractivity contribution in [2.45, 2.75) is 19.0 Å². The largest absolute Gasteiger partial charge is 0.389 e. The minimum atomic E-state index is -4.39. The average molecular weight is 339 g/mol. The van der Waals surface area contributed by atoms with Gasteiger partial charge in [-0.3, -0.25) is 0 Å². The zero-order chi connectivity index (χ0) is 15.6. The fraction of sp³-hybridized carbons (Fsp3) is 1.00. The van der Waals surface area contributed by atoms with Crippen LogP contribution in [-0.2, 0) is 20.2 Å². The first-order chi connectivity index (χ1) is 8.92. The summed E-state index contributed by atoms with van der Waals surface area (Å²) in [7, 11) is -7.67. The third-order valence-corrected chi connectivity index (χ3v) is 5.85. The summed E-state index contributed by atoms with van der Waals surface area (Å²) in [6.07, 6.45) is -6.06. The highest BCUT2D eigenvalue weighted by atomic mass is 32.2. The van der Waals surface area contributed by atoms with Crippen LogP contribution in [0.5, 0.6) is 0 Å². The molecular weight excluding hydrogens is 323 g/mol. The van der Waals surface area contributed by atoms with Gasteiger partial charge in [-0.2, -0.15) is 30.2 Å². The van der Waals surface area contributed by atoms with Crippen LogP contribution in [0.15, 0.2) is 0 Å². The minimum absolute atomic E-state index is 0.0999. The zero-order valence-corrected chi connectivity index (χ0v) is 12.1. The number of piperazine rings is 1. The Morgan fingerprint density at radius 1 is 0.950 bits per heavy atom. The lowest BCUT2D eigenvalue weighted by Crippen LogP contribution is -2.52. The molecule has 0 saturated carbocycles. The second-order valence-corrected chi connectivity index (χ2v) is 8.01. The van der Waals surface area contributed by atoms with Gasteiger partial charge in [0.2, 0.25) is 10.0 Å². The van der Waals surface area contributed by atoms with Crippen LogP contribution in [0.1, 0.15) is 12.8 Å². The van der Waals surface area contributed by atoms with E-state index in [0.717, 1.165) is 8.61 Å². The molecule has 12 heteroatoms. The Kier molecular flexibility index (Phi) is 5.40. The van der Waals surface area contributed by atoms with E-state index >= 15 is 0 Å². The maximum Gasteiger partial charge on any atom is 0.389 e. The Hall–Kier alpha value is -0.430. The maximum atomic E-state index is 12.0. The first-order valence-electron chi connectivity index (χ1n) is 5.74. The van der Waals surface area contributed by atoms with Crippen LogP contribution in [0.25, 0.3) is 0 Å². The molecule has 0 aromatic carbocycles. The molecule has 120 valence electrons. The van der Waals surface area contributed by atoms with E-state index in [9.17, 15) is 30.0 Å². The van der Waals surface area contributed by atoms with Crippen LogP contribution in [0.2, 0.25) is 0 Å². The Balaban J connectivity index is 2.51. The standard InChI is InChI=1S/C8H16F3N3O4S2/c9-8(10,11)2-1-7-19(15,16)13-3-5-14(6-4-13)20(12,17)18/h1-7H2,(H2,12,17,18). The van der Waals surface area contributed by atoms with E-state index < -0.39 is 45.0 Å². The zero-order valence-electron chi connectivity index (χ0n) is 10.5. The van der Waals surface area contributed by atoms with E-state index in [1.165, 1.54) is 0 Å². The molecule has 0 spiro atoms. The molecular formula is C8H16F3N3O4S2. The number of nitrogens with two attached hydrogens (primary N) is 1. The highest BCUT2D eigenvalue weighted by molar-refractivity contribution is 7.89. The van der Waals surface area contributed by atoms with Crippen LogP contribution >= 0.6 is 0 Å². The van der Waals surface area contributed by atoms with E-state index in [4.69, 9.17) is 5.14 Å². The first-order valence-corrected chi connectivity index (χ1v) is 8.85. The maximum absolute atomic E-state index is 12.0. The summed E-state index contributed by atoms with van der Waals surface area (Å²) < 4.78 is 83.4. The van der Waals surface area contributed by atoms with Gasteiger partial charge in [-0.25, -0.2) is 13.6 Å². The van der Waals surface area contributed by atoms with Crippen LogP contribution in [0.4, 0.5) is 13.2 Å². The number of nitrogens with zero attached hydrogens (tertiary/aromatic N) is 2. The van der Waals surface area contributed by atoms with Crippen molar-refractivity contribution in [2.75, 3.05) is 31.9 Å². The number of halogens is 3. The quantitative estimate of drug-likeness (QED) is 0.728. The van der Waals surface area contributed by atoms with Crippen molar-refractivity contribution in [3.8, 4) is 0 Å². The van der Waals surface area contributed by atoms with Gasteiger partial charge in [0.25, 0.3) is 10.2 Å². The van der Waals surface area contributed by atoms with Gasteiger partial charge < -0.3 is 0 Å². The van der Waals surface area contributed by atoms with Gasteiger partial charge in [0.15, 0.2) is 0 Å². The summed E-state index contributed by atoms with van der Waals surface area (Å²) in [6.45, 7) is -0.412. The Bertz CT molecular complexity index is 524. The van der Waals surface area contributed by atoms with E-state index in [1.807, 2.05) is 0 Å².